The lowest BCUT2D eigenvalue weighted by Gasteiger charge is -2.30. The van der Waals surface area contributed by atoms with Gasteiger partial charge in [0.2, 0.25) is 5.91 Å². The number of para-hydroxylation sites is 1. The van der Waals surface area contributed by atoms with Crippen LogP contribution >= 0.6 is 15.9 Å². The van der Waals surface area contributed by atoms with Crippen molar-refractivity contribution in [2.45, 2.75) is 39.0 Å². The van der Waals surface area contributed by atoms with Crippen molar-refractivity contribution in [1.82, 2.24) is 0 Å². The van der Waals surface area contributed by atoms with Crippen molar-refractivity contribution in [3.05, 3.63) is 28.7 Å². The molecule has 2 nitrogen and oxygen atoms in total. The number of hydrogen-bond acceptors (Lipinski definition) is 1. The molecule has 1 unspecified atom stereocenters. The van der Waals surface area contributed by atoms with Gasteiger partial charge in [-0.3, -0.25) is 4.79 Å². The molecule has 0 bridgehead atoms. The van der Waals surface area contributed by atoms with Crippen molar-refractivity contribution in [1.29, 1.82) is 0 Å². The van der Waals surface area contributed by atoms with Crippen molar-refractivity contribution in [2.75, 3.05) is 11.9 Å². The number of benzene rings is 1. The highest BCUT2D eigenvalue weighted by Gasteiger charge is 2.28. The molecule has 1 fully saturated rings. The highest BCUT2D eigenvalue weighted by atomic mass is 79.9. The van der Waals surface area contributed by atoms with E-state index in [2.05, 4.69) is 22.9 Å². The number of halogens is 1. The molecule has 0 aliphatic heterocycles. The molecule has 1 aliphatic carbocycles. The van der Waals surface area contributed by atoms with Gasteiger partial charge in [-0.1, -0.05) is 38.3 Å². The molecular formula is C16H22BrNO. The average Bonchev–Trinajstić information content (AvgIpc) is 2.46. The quantitative estimate of drug-likeness (QED) is 0.794. The van der Waals surface area contributed by atoms with E-state index in [0.717, 1.165) is 10.2 Å². The minimum atomic E-state index is 0.123. The third-order valence-corrected chi connectivity index (χ3v) is 4.96. The highest BCUT2D eigenvalue weighted by Crippen LogP contribution is 2.32. The number of carbonyl (C=O) groups excluding carboxylic acids is 1. The van der Waals surface area contributed by atoms with Crippen LogP contribution in [0.4, 0.5) is 5.69 Å². The van der Waals surface area contributed by atoms with E-state index in [-0.39, 0.29) is 11.8 Å². The second-order valence-corrected chi connectivity index (χ2v) is 6.39. The maximum absolute atomic E-state index is 12.6. The Morgan fingerprint density at radius 3 is 2.53 bits per heavy atom. The molecule has 3 heteroatoms. The van der Waals surface area contributed by atoms with Crippen LogP contribution in [0.3, 0.4) is 0 Å². The van der Waals surface area contributed by atoms with Gasteiger partial charge in [0.05, 0.1) is 5.69 Å². The lowest BCUT2D eigenvalue weighted by Crippen LogP contribution is -2.36. The highest BCUT2D eigenvalue weighted by molar-refractivity contribution is 9.10. The number of rotatable bonds is 3. The molecule has 0 aromatic heterocycles. The predicted molar refractivity (Wildman–Crippen MR) is 83.3 cm³/mol. The normalized spacial score (nSPS) is 18.1. The standard InChI is InChI=1S/C16H22BrNO/c1-12(13-8-4-3-5-9-13)16(19)18(2)15-11-7-6-10-14(15)17/h6-7,10-13H,3-5,8-9H2,1-2H3. The van der Waals surface area contributed by atoms with Crippen LogP contribution in [0.5, 0.6) is 0 Å². The van der Waals surface area contributed by atoms with Crippen molar-refractivity contribution < 1.29 is 4.79 Å². The third-order valence-electron chi connectivity index (χ3n) is 4.29. The molecule has 0 spiro atoms. The molecule has 1 amide bonds. The minimum Gasteiger partial charge on any atom is -0.314 e. The Morgan fingerprint density at radius 1 is 1.26 bits per heavy atom. The topological polar surface area (TPSA) is 20.3 Å². The van der Waals surface area contributed by atoms with E-state index < -0.39 is 0 Å². The second kappa shape index (κ2) is 6.56. The number of amides is 1. The molecule has 0 saturated heterocycles. The Balaban J connectivity index is 2.08. The van der Waals surface area contributed by atoms with Gasteiger partial charge < -0.3 is 4.90 Å². The molecule has 1 aromatic rings. The van der Waals surface area contributed by atoms with Gasteiger partial charge in [-0.05, 0) is 46.8 Å². The zero-order chi connectivity index (χ0) is 13.8. The molecule has 1 atom stereocenters. The van der Waals surface area contributed by atoms with Gasteiger partial charge >= 0.3 is 0 Å². The fourth-order valence-corrected chi connectivity index (χ4v) is 3.53. The number of anilines is 1. The minimum absolute atomic E-state index is 0.123. The summed E-state index contributed by atoms with van der Waals surface area (Å²) in [5, 5.41) is 0. The van der Waals surface area contributed by atoms with E-state index in [4.69, 9.17) is 0 Å². The maximum atomic E-state index is 12.6. The van der Waals surface area contributed by atoms with Crippen LogP contribution in [0.15, 0.2) is 28.7 Å². The first-order valence-corrected chi connectivity index (χ1v) is 7.92. The van der Waals surface area contributed by atoms with Crippen LogP contribution in [0.1, 0.15) is 39.0 Å². The van der Waals surface area contributed by atoms with Crippen LogP contribution in [0.25, 0.3) is 0 Å². The molecule has 1 aromatic carbocycles. The van der Waals surface area contributed by atoms with Crippen LogP contribution in [0.2, 0.25) is 0 Å². The van der Waals surface area contributed by atoms with E-state index in [1.54, 1.807) is 4.90 Å². The van der Waals surface area contributed by atoms with Gasteiger partial charge in [0.15, 0.2) is 0 Å². The molecule has 0 heterocycles. The monoisotopic (exact) mass is 323 g/mol. The third kappa shape index (κ3) is 3.38. The summed E-state index contributed by atoms with van der Waals surface area (Å²) in [6.07, 6.45) is 6.30. The average molecular weight is 324 g/mol. The molecule has 0 N–H and O–H groups in total. The first-order valence-electron chi connectivity index (χ1n) is 7.13. The lowest BCUT2D eigenvalue weighted by atomic mass is 9.80. The summed E-state index contributed by atoms with van der Waals surface area (Å²) >= 11 is 3.52. The Hall–Kier alpha value is -0.830. The summed E-state index contributed by atoms with van der Waals surface area (Å²) in [5.41, 5.74) is 0.954. The van der Waals surface area contributed by atoms with E-state index >= 15 is 0 Å². The SMILES string of the molecule is CC(C(=O)N(C)c1ccccc1Br)C1CCCCC1. The molecule has 1 aliphatic rings. The van der Waals surface area contributed by atoms with Crippen LogP contribution < -0.4 is 4.90 Å². The molecule has 104 valence electrons. The largest absolute Gasteiger partial charge is 0.314 e. The van der Waals surface area contributed by atoms with E-state index in [9.17, 15) is 4.79 Å². The van der Waals surface area contributed by atoms with Gasteiger partial charge in [-0.2, -0.15) is 0 Å². The van der Waals surface area contributed by atoms with Gasteiger partial charge in [0.1, 0.15) is 0 Å². The summed E-state index contributed by atoms with van der Waals surface area (Å²) in [5.74, 6) is 0.919. The molecular weight excluding hydrogens is 302 g/mol. The Bertz CT molecular complexity index is 440. The fraction of sp³-hybridized carbons (Fsp3) is 0.562. The van der Waals surface area contributed by atoms with Gasteiger partial charge in [0, 0.05) is 17.4 Å². The number of carbonyl (C=O) groups is 1. The van der Waals surface area contributed by atoms with E-state index in [0.29, 0.717) is 5.92 Å². The van der Waals surface area contributed by atoms with Gasteiger partial charge in [-0.15, -0.1) is 0 Å². The van der Waals surface area contributed by atoms with Crippen molar-refractivity contribution in [3.8, 4) is 0 Å². The van der Waals surface area contributed by atoms with Crippen molar-refractivity contribution in [3.63, 3.8) is 0 Å². The molecule has 1 saturated carbocycles. The predicted octanol–water partition coefficient (Wildman–Crippen LogP) is 4.63. The van der Waals surface area contributed by atoms with Crippen LogP contribution in [-0.4, -0.2) is 13.0 Å². The Labute approximate surface area is 124 Å². The molecule has 0 radical (unpaired) electrons. The molecule has 2 rings (SSSR count). The van der Waals surface area contributed by atoms with Crippen LogP contribution in [-0.2, 0) is 4.79 Å². The first kappa shape index (κ1) is 14.6. The van der Waals surface area contributed by atoms with Gasteiger partial charge in [0.25, 0.3) is 0 Å². The summed E-state index contributed by atoms with van der Waals surface area (Å²) in [7, 11) is 1.88. The van der Waals surface area contributed by atoms with Crippen molar-refractivity contribution >= 4 is 27.5 Å². The Kier molecular flexibility index (Phi) is 5.03. The van der Waals surface area contributed by atoms with Crippen molar-refractivity contribution in [2.24, 2.45) is 11.8 Å². The lowest BCUT2D eigenvalue weighted by molar-refractivity contribution is -0.123. The summed E-state index contributed by atoms with van der Waals surface area (Å²) in [4.78, 5) is 14.4. The van der Waals surface area contributed by atoms with E-state index in [1.807, 2.05) is 31.3 Å². The molecule has 19 heavy (non-hydrogen) atoms. The fourth-order valence-electron chi connectivity index (χ4n) is 2.98. The summed E-state index contributed by atoms with van der Waals surface area (Å²) in [6.45, 7) is 2.09. The smallest absolute Gasteiger partial charge is 0.229 e. The number of hydrogen-bond donors (Lipinski definition) is 0. The zero-order valence-electron chi connectivity index (χ0n) is 11.7. The van der Waals surface area contributed by atoms with Gasteiger partial charge in [-0.25, -0.2) is 0 Å². The van der Waals surface area contributed by atoms with E-state index in [1.165, 1.54) is 32.1 Å². The second-order valence-electron chi connectivity index (χ2n) is 5.54. The summed E-state index contributed by atoms with van der Waals surface area (Å²) in [6, 6.07) is 7.89. The zero-order valence-corrected chi connectivity index (χ0v) is 13.3. The first-order chi connectivity index (χ1) is 9.11. The summed E-state index contributed by atoms with van der Waals surface area (Å²) < 4.78 is 0.974. The number of nitrogens with zero attached hydrogens (tertiary/aromatic N) is 1. The maximum Gasteiger partial charge on any atom is 0.229 e. The van der Waals surface area contributed by atoms with Crippen LogP contribution in [0, 0.1) is 11.8 Å². The Morgan fingerprint density at radius 2 is 1.89 bits per heavy atom.